The van der Waals surface area contributed by atoms with E-state index in [9.17, 15) is 9.59 Å². The maximum absolute atomic E-state index is 12.8. The Labute approximate surface area is 161 Å². The lowest BCUT2D eigenvalue weighted by atomic mass is 10.1. The van der Waals surface area contributed by atoms with Crippen LogP contribution in [0.3, 0.4) is 0 Å². The normalized spacial score (nSPS) is 15.9. The van der Waals surface area contributed by atoms with Gasteiger partial charge in [-0.05, 0) is 30.3 Å². The largest absolute Gasteiger partial charge is 0.454 e. The number of carbonyl (C=O) groups is 2. The number of para-hydroxylation sites is 1. The Bertz CT molecular complexity index is 1030. The predicted molar refractivity (Wildman–Crippen MR) is 101 cm³/mol. The molecule has 0 unspecified atom stereocenters. The number of furan rings is 1. The molecule has 0 aliphatic carbocycles. The van der Waals surface area contributed by atoms with E-state index < -0.39 is 0 Å². The summed E-state index contributed by atoms with van der Waals surface area (Å²) in [6.45, 7) is 2.05. The molecule has 5 rings (SSSR count). The van der Waals surface area contributed by atoms with Gasteiger partial charge in [0.15, 0.2) is 17.3 Å². The molecular formula is C21H18N2O5. The molecule has 28 heavy (non-hydrogen) atoms. The highest BCUT2D eigenvalue weighted by molar-refractivity contribution is 5.97. The van der Waals surface area contributed by atoms with Crippen molar-refractivity contribution >= 4 is 22.8 Å². The lowest BCUT2D eigenvalue weighted by Crippen LogP contribution is -2.50. The van der Waals surface area contributed by atoms with Crippen LogP contribution in [0, 0.1) is 0 Å². The molecule has 7 nitrogen and oxygen atoms in total. The molecule has 2 aliphatic rings. The zero-order valence-corrected chi connectivity index (χ0v) is 15.1. The van der Waals surface area contributed by atoms with Gasteiger partial charge < -0.3 is 23.7 Å². The van der Waals surface area contributed by atoms with Gasteiger partial charge in [-0.2, -0.15) is 0 Å². The number of hydrogen-bond donors (Lipinski definition) is 0. The standard InChI is InChI=1S/C21H18N2O5/c24-20(15-5-6-17-18(12-15)27-13-26-17)22-7-9-23(10-8-22)21(25)19-11-14-3-1-2-4-16(14)28-19/h1-6,11-12H,7-10,13H2. The second-order valence-corrected chi connectivity index (χ2v) is 6.80. The highest BCUT2D eigenvalue weighted by Gasteiger charge is 2.28. The molecule has 2 aliphatic heterocycles. The Morgan fingerprint density at radius 3 is 2.29 bits per heavy atom. The fourth-order valence-electron chi connectivity index (χ4n) is 3.57. The van der Waals surface area contributed by atoms with Gasteiger partial charge in [-0.1, -0.05) is 18.2 Å². The minimum absolute atomic E-state index is 0.0749. The first-order valence-electron chi connectivity index (χ1n) is 9.16. The third-order valence-electron chi connectivity index (χ3n) is 5.11. The van der Waals surface area contributed by atoms with Gasteiger partial charge in [-0.3, -0.25) is 9.59 Å². The highest BCUT2D eigenvalue weighted by Crippen LogP contribution is 2.33. The van der Waals surface area contributed by atoms with Gasteiger partial charge in [0.05, 0.1) is 0 Å². The average molecular weight is 378 g/mol. The van der Waals surface area contributed by atoms with Crippen molar-refractivity contribution in [2.75, 3.05) is 33.0 Å². The fourth-order valence-corrected chi connectivity index (χ4v) is 3.57. The maximum atomic E-state index is 12.8. The van der Waals surface area contributed by atoms with Gasteiger partial charge in [-0.15, -0.1) is 0 Å². The monoisotopic (exact) mass is 378 g/mol. The van der Waals surface area contributed by atoms with Crippen molar-refractivity contribution in [3.8, 4) is 11.5 Å². The SMILES string of the molecule is O=C(c1ccc2c(c1)OCO2)N1CCN(C(=O)c2cc3ccccc3o2)CC1. The summed E-state index contributed by atoms with van der Waals surface area (Å²) >= 11 is 0. The number of nitrogens with zero attached hydrogens (tertiary/aromatic N) is 2. The highest BCUT2D eigenvalue weighted by atomic mass is 16.7. The van der Waals surface area contributed by atoms with Crippen molar-refractivity contribution in [1.29, 1.82) is 0 Å². The summed E-state index contributed by atoms with van der Waals surface area (Å²) in [4.78, 5) is 29.0. The van der Waals surface area contributed by atoms with E-state index in [1.807, 2.05) is 24.3 Å². The van der Waals surface area contributed by atoms with Crippen LogP contribution in [0.1, 0.15) is 20.9 Å². The summed E-state index contributed by atoms with van der Waals surface area (Å²) in [6, 6.07) is 14.5. The van der Waals surface area contributed by atoms with Gasteiger partial charge in [0.25, 0.3) is 11.8 Å². The first kappa shape index (κ1) is 16.7. The molecule has 2 aromatic carbocycles. The van der Waals surface area contributed by atoms with Crippen LogP contribution in [0.5, 0.6) is 11.5 Å². The first-order valence-corrected chi connectivity index (χ1v) is 9.16. The summed E-state index contributed by atoms with van der Waals surface area (Å²) in [5, 5.41) is 0.905. The van der Waals surface area contributed by atoms with E-state index in [0.29, 0.717) is 54.6 Å². The Balaban J connectivity index is 1.25. The molecule has 1 fully saturated rings. The van der Waals surface area contributed by atoms with E-state index in [2.05, 4.69) is 0 Å². The molecule has 3 aromatic rings. The van der Waals surface area contributed by atoms with Gasteiger partial charge in [-0.25, -0.2) is 0 Å². The average Bonchev–Trinajstić information content (AvgIpc) is 3.39. The van der Waals surface area contributed by atoms with Crippen LogP contribution < -0.4 is 9.47 Å². The van der Waals surface area contributed by atoms with E-state index >= 15 is 0 Å². The van der Waals surface area contributed by atoms with Crippen molar-refractivity contribution < 1.29 is 23.5 Å². The first-order chi connectivity index (χ1) is 13.7. The minimum Gasteiger partial charge on any atom is -0.454 e. The minimum atomic E-state index is -0.147. The quantitative estimate of drug-likeness (QED) is 0.686. The number of rotatable bonds is 2. The second-order valence-electron chi connectivity index (χ2n) is 6.80. The second kappa shape index (κ2) is 6.60. The van der Waals surface area contributed by atoms with Crippen molar-refractivity contribution in [2.45, 2.75) is 0 Å². The number of ether oxygens (including phenoxy) is 2. The Morgan fingerprint density at radius 2 is 1.50 bits per heavy atom. The lowest BCUT2D eigenvalue weighted by Gasteiger charge is -2.34. The lowest BCUT2D eigenvalue weighted by molar-refractivity contribution is 0.0519. The van der Waals surface area contributed by atoms with E-state index in [-0.39, 0.29) is 18.6 Å². The third kappa shape index (κ3) is 2.85. The summed E-state index contributed by atoms with van der Waals surface area (Å²) in [5.41, 5.74) is 1.25. The van der Waals surface area contributed by atoms with E-state index in [1.165, 1.54) is 0 Å². The van der Waals surface area contributed by atoms with Gasteiger partial charge >= 0.3 is 0 Å². The number of amides is 2. The molecular weight excluding hydrogens is 360 g/mol. The van der Waals surface area contributed by atoms with Crippen LogP contribution in [-0.4, -0.2) is 54.6 Å². The van der Waals surface area contributed by atoms with Crippen LogP contribution in [-0.2, 0) is 0 Å². The van der Waals surface area contributed by atoms with Crippen LogP contribution in [0.25, 0.3) is 11.0 Å². The van der Waals surface area contributed by atoms with Crippen molar-refractivity contribution in [3.05, 3.63) is 59.9 Å². The third-order valence-corrected chi connectivity index (χ3v) is 5.11. The molecule has 0 spiro atoms. The summed E-state index contributed by atoms with van der Waals surface area (Å²) < 4.78 is 16.3. The number of piperazine rings is 1. The van der Waals surface area contributed by atoms with Gasteiger partial charge in [0.1, 0.15) is 5.58 Å². The summed E-state index contributed by atoms with van der Waals surface area (Å²) in [5.74, 6) is 1.35. The van der Waals surface area contributed by atoms with Gasteiger partial charge in [0, 0.05) is 37.1 Å². The molecule has 1 saturated heterocycles. The van der Waals surface area contributed by atoms with E-state index in [4.69, 9.17) is 13.9 Å². The van der Waals surface area contributed by atoms with Gasteiger partial charge in [0.2, 0.25) is 6.79 Å². The van der Waals surface area contributed by atoms with E-state index in [1.54, 1.807) is 34.1 Å². The van der Waals surface area contributed by atoms with Crippen molar-refractivity contribution in [3.63, 3.8) is 0 Å². The maximum Gasteiger partial charge on any atom is 0.289 e. The zero-order valence-electron chi connectivity index (χ0n) is 15.1. The number of benzene rings is 2. The zero-order chi connectivity index (χ0) is 19.1. The Kier molecular flexibility index (Phi) is 3.93. The molecule has 7 heteroatoms. The molecule has 2 amide bonds. The van der Waals surface area contributed by atoms with Crippen LogP contribution in [0.4, 0.5) is 0 Å². The molecule has 0 atom stereocenters. The fraction of sp³-hybridized carbons (Fsp3) is 0.238. The van der Waals surface area contributed by atoms with Crippen LogP contribution >= 0.6 is 0 Å². The van der Waals surface area contributed by atoms with Crippen molar-refractivity contribution in [2.24, 2.45) is 0 Å². The number of hydrogen-bond acceptors (Lipinski definition) is 5. The molecule has 142 valence electrons. The predicted octanol–water partition coefficient (Wildman–Crippen LogP) is 2.76. The molecule has 0 bridgehead atoms. The Hall–Kier alpha value is -3.48. The van der Waals surface area contributed by atoms with E-state index in [0.717, 1.165) is 5.39 Å². The molecule has 1 aromatic heterocycles. The molecule has 3 heterocycles. The number of carbonyl (C=O) groups excluding carboxylic acids is 2. The molecule has 0 radical (unpaired) electrons. The summed E-state index contributed by atoms with van der Waals surface area (Å²) in [7, 11) is 0. The molecule has 0 N–H and O–H groups in total. The summed E-state index contributed by atoms with van der Waals surface area (Å²) in [6.07, 6.45) is 0. The molecule has 0 saturated carbocycles. The van der Waals surface area contributed by atoms with Crippen LogP contribution in [0.15, 0.2) is 52.9 Å². The Morgan fingerprint density at radius 1 is 0.786 bits per heavy atom. The smallest absolute Gasteiger partial charge is 0.289 e. The van der Waals surface area contributed by atoms with Crippen LogP contribution in [0.2, 0.25) is 0 Å². The van der Waals surface area contributed by atoms with Crippen molar-refractivity contribution in [1.82, 2.24) is 9.80 Å². The topological polar surface area (TPSA) is 72.2 Å². The number of fused-ring (bicyclic) bond motifs is 2.